The fourth-order valence-electron chi connectivity index (χ4n) is 3.33. The molecule has 3 aromatic rings. The molecule has 0 unspecified atom stereocenters. The summed E-state index contributed by atoms with van der Waals surface area (Å²) in [6.07, 6.45) is 1.09. The molecule has 2 heterocycles. The zero-order chi connectivity index (χ0) is 16.4. The van der Waals surface area contributed by atoms with Crippen LogP contribution in [0.4, 0.5) is 5.69 Å². The normalized spacial score (nSPS) is 17.3. The predicted octanol–water partition coefficient (Wildman–Crippen LogP) is 2.82. The highest BCUT2D eigenvalue weighted by Gasteiger charge is 2.23. The number of hydrogen-bond donors (Lipinski definition) is 2. The van der Waals surface area contributed by atoms with Crippen molar-refractivity contribution in [2.45, 2.75) is 6.42 Å². The molecule has 5 nitrogen and oxygen atoms in total. The third kappa shape index (κ3) is 2.85. The van der Waals surface area contributed by atoms with Gasteiger partial charge >= 0.3 is 0 Å². The van der Waals surface area contributed by atoms with Gasteiger partial charge in [-0.2, -0.15) is 5.10 Å². The van der Waals surface area contributed by atoms with Crippen LogP contribution in [-0.2, 0) is 0 Å². The number of benzene rings is 2. The highest BCUT2D eigenvalue weighted by atomic mass is 16.1. The molecule has 1 atom stereocenters. The van der Waals surface area contributed by atoms with Crippen LogP contribution in [0.15, 0.2) is 54.6 Å². The van der Waals surface area contributed by atoms with E-state index in [2.05, 4.69) is 44.7 Å². The van der Waals surface area contributed by atoms with Crippen LogP contribution in [0.3, 0.4) is 0 Å². The number of nitrogens with one attached hydrogen (secondary N) is 2. The number of hydrogen-bond acceptors (Lipinski definition) is 3. The van der Waals surface area contributed by atoms with E-state index in [1.165, 1.54) is 5.69 Å². The Morgan fingerprint density at radius 3 is 2.83 bits per heavy atom. The van der Waals surface area contributed by atoms with Gasteiger partial charge in [-0.1, -0.05) is 36.4 Å². The predicted molar refractivity (Wildman–Crippen MR) is 95.2 cm³/mol. The number of aromatic amines is 1. The van der Waals surface area contributed by atoms with Crippen molar-refractivity contribution in [2.24, 2.45) is 5.92 Å². The first-order chi connectivity index (χ1) is 11.8. The lowest BCUT2D eigenvalue weighted by molar-refractivity contribution is 0.0945. The van der Waals surface area contributed by atoms with E-state index in [9.17, 15) is 4.79 Å². The molecule has 5 heteroatoms. The van der Waals surface area contributed by atoms with E-state index in [-0.39, 0.29) is 5.91 Å². The smallest absolute Gasteiger partial charge is 0.272 e. The van der Waals surface area contributed by atoms with E-state index in [1.807, 2.05) is 30.3 Å². The number of H-pyrrole nitrogens is 1. The topological polar surface area (TPSA) is 61.0 Å². The summed E-state index contributed by atoms with van der Waals surface area (Å²) in [7, 11) is 0. The Balaban J connectivity index is 1.36. The monoisotopic (exact) mass is 320 g/mol. The number of aromatic nitrogens is 2. The fourth-order valence-corrected chi connectivity index (χ4v) is 3.33. The number of amides is 1. The third-order valence-electron chi connectivity index (χ3n) is 4.64. The van der Waals surface area contributed by atoms with Gasteiger partial charge in [0.15, 0.2) is 5.69 Å². The van der Waals surface area contributed by atoms with Crippen molar-refractivity contribution in [2.75, 3.05) is 24.5 Å². The molecular formula is C19H20N4O. The summed E-state index contributed by atoms with van der Waals surface area (Å²) in [6.45, 7) is 2.70. The molecule has 4 rings (SSSR count). The number of anilines is 1. The van der Waals surface area contributed by atoms with Crippen LogP contribution in [0.5, 0.6) is 0 Å². The molecule has 122 valence electrons. The van der Waals surface area contributed by atoms with Gasteiger partial charge in [0, 0.05) is 30.7 Å². The SMILES string of the molecule is O=C(NC[C@@H]1CCN(c2ccccc2)C1)c1n[nH]c2ccccc12. The van der Waals surface area contributed by atoms with Crippen LogP contribution < -0.4 is 10.2 Å². The molecule has 0 saturated carbocycles. The Kier molecular flexibility index (Phi) is 3.91. The van der Waals surface area contributed by atoms with Gasteiger partial charge in [0.2, 0.25) is 0 Å². The van der Waals surface area contributed by atoms with Gasteiger partial charge in [0.25, 0.3) is 5.91 Å². The summed E-state index contributed by atoms with van der Waals surface area (Å²) in [5.41, 5.74) is 2.62. The average Bonchev–Trinajstić information content (AvgIpc) is 3.27. The Labute approximate surface area is 140 Å². The van der Waals surface area contributed by atoms with Crippen LogP contribution >= 0.6 is 0 Å². The Morgan fingerprint density at radius 2 is 1.96 bits per heavy atom. The number of fused-ring (bicyclic) bond motifs is 1. The molecule has 0 spiro atoms. The molecule has 1 saturated heterocycles. The summed E-state index contributed by atoms with van der Waals surface area (Å²) < 4.78 is 0. The van der Waals surface area contributed by atoms with E-state index in [0.29, 0.717) is 18.2 Å². The quantitative estimate of drug-likeness (QED) is 0.777. The standard InChI is InChI=1S/C19H20N4O/c24-19(18-16-8-4-5-9-17(16)21-22-18)20-12-14-10-11-23(13-14)15-6-2-1-3-7-15/h1-9,14H,10-13H2,(H,20,24)(H,21,22)/t14-/m0/s1. The van der Waals surface area contributed by atoms with E-state index in [1.54, 1.807) is 0 Å². The zero-order valence-electron chi connectivity index (χ0n) is 13.4. The second-order valence-corrected chi connectivity index (χ2v) is 6.26. The molecule has 2 aromatic carbocycles. The number of carbonyl (C=O) groups excluding carboxylic acids is 1. The van der Waals surface area contributed by atoms with Crippen molar-refractivity contribution < 1.29 is 4.79 Å². The molecule has 0 bridgehead atoms. The fraction of sp³-hybridized carbons (Fsp3) is 0.263. The minimum Gasteiger partial charge on any atom is -0.371 e. The molecule has 1 aromatic heterocycles. The second kappa shape index (κ2) is 6.35. The van der Waals surface area contributed by atoms with Crippen LogP contribution in [0.1, 0.15) is 16.9 Å². The molecule has 1 fully saturated rings. The van der Waals surface area contributed by atoms with Crippen LogP contribution in [0.2, 0.25) is 0 Å². The summed E-state index contributed by atoms with van der Waals surface area (Å²) in [5.74, 6) is 0.366. The molecule has 1 amide bonds. The first-order valence-corrected chi connectivity index (χ1v) is 8.32. The van der Waals surface area contributed by atoms with Gasteiger partial charge in [-0.25, -0.2) is 0 Å². The number of rotatable bonds is 4. The third-order valence-corrected chi connectivity index (χ3v) is 4.64. The van der Waals surface area contributed by atoms with Gasteiger partial charge in [0.1, 0.15) is 0 Å². The molecule has 1 aliphatic rings. The van der Waals surface area contributed by atoms with Crippen molar-refractivity contribution in [1.29, 1.82) is 0 Å². The number of carbonyl (C=O) groups is 1. The summed E-state index contributed by atoms with van der Waals surface area (Å²) >= 11 is 0. The molecule has 24 heavy (non-hydrogen) atoms. The van der Waals surface area contributed by atoms with Crippen LogP contribution in [-0.4, -0.2) is 35.7 Å². The van der Waals surface area contributed by atoms with Crippen molar-refractivity contribution in [3.63, 3.8) is 0 Å². The van der Waals surface area contributed by atoms with Crippen LogP contribution in [0, 0.1) is 5.92 Å². The average molecular weight is 320 g/mol. The Bertz CT molecular complexity index is 843. The first-order valence-electron chi connectivity index (χ1n) is 8.32. The van der Waals surface area contributed by atoms with Gasteiger partial charge in [-0.3, -0.25) is 9.89 Å². The summed E-state index contributed by atoms with van der Waals surface area (Å²) in [5, 5.41) is 11.0. The number of para-hydroxylation sites is 2. The van der Waals surface area contributed by atoms with Gasteiger partial charge in [-0.05, 0) is 30.5 Å². The van der Waals surface area contributed by atoms with Crippen molar-refractivity contribution in [3.05, 3.63) is 60.3 Å². The molecule has 0 aliphatic carbocycles. The van der Waals surface area contributed by atoms with Crippen LogP contribution in [0.25, 0.3) is 10.9 Å². The van der Waals surface area contributed by atoms with E-state index >= 15 is 0 Å². The minimum atomic E-state index is -0.106. The summed E-state index contributed by atoms with van der Waals surface area (Å²) in [4.78, 5) is 14.8. The summed E-state index contributed by atoms with van der Waals surface area (Å²) in [6, 6.07) is 18.1. The van der Waals surface area contributed by atoms with Crippen molar-refractivity contribution in [1.82, 2.24) is 15.5 Å². The highest BCUT2D eigenvalue weighted by Crippen LogP contribution is 2.23. The first kappa shape index (κ1) is 14.8. The minimum absolute atomic E-state index is 0.106. The Morgan fingerprint density at radius 1 is 1.17 bits per heavy atom. The largest absolute Gasteiger partial charge is 0.371 e. The van der Waals surface area contributed by atoms with E-state index in [0.717, 1.165) is 30.4 Å². The van der Waals surface area contributed by atoms with Gasteiger partial charge in [0.05, 0.1) is 5.52 Å². The molecular weight excluding hydrogens is 300 g/mol. The maximum atomic E-state index is 12.4. The Hall–Kier alpha value is -2.82. The maximum Gasteiger partial charge on any atom is 0.272 e. The van der Waals surface area contributed by atoms with E-state index in [4.69, 9.17) is 0 Å². The number of nitrogens with zero attached hydrogens (tertiary/aromatic N) is 2. The lowest BCUT2D eigenvalue weighted by Crippen LogP contribution is -2.31. The maximum absolute atomic E-state index is 12.4. The molecule has 1 aliphatic heterocycles. The highest BCUT2D eigenvalue weighted by molar-refractivity contribution is 6.04. The zero-order valence-corrected chi connectivity index (χ0v) is 13.4. The second-order valence-electron chi connectivity index (χ2n) is 6.26. The lowest BCUT2D eigenvalue weighted by atomic mass is 10.1. The molecule has 0 radical (unpaired) electrons. The van der Waals surface area contributed by atoms with Gasteiger partial charge in [-0.15, -0.1) is 0 Å². The molecule has 2 N–H and O–H groups in total. The van der Waals surface area contributed by atoms with Crippen molar-refractivity contribution >= 4 is 22.5 Å². The van der Waals surface area contributed by atoms with E-state index < -0.39 is 0 Å². The lowest BCUT2D eigenvalue weighted by Gasteiger charge is -2.18. The van der Waals surface area contributed by atoms with Gasteiger partial charge < -0.3 is 10.2 Å². The van der Waals surface area contributed by atoms with Crippen molar-refractivity contribution in [3.8, 4) is 0 Å².